The van der Waals surface area contributed by atoms with Crippen LogP contribution in [0.1, 0.15) is 17.2 Å². The monoisotopic (exact) mass is 408 g/mol. The number of anilines is 1. The van der Waals surface area contributed by atoms with Gasteiger partial charge in [-0.3, -0.25) is 4.52 Å². The summed E-state index contributed by atoms with van der Waals surface area (Å²) in [5.41, 5.74) is 1.93. The van der Waals surface area contributed by atoms with Crippen LogP contribution in [0.5, 0.6) is 0 Å². The maximum Gasteiger partial charge on any atom is 0.442 e. The molecule has 0 aliphatic heterocycles. The van der Waals surface area contributed by atoms with Gasteiger partial charge in [0.05, 0.1) is 13.2 Å². The van der Waals surface area contributed by atoms with Crippen molar-refractivity contribution in [3.63, 3.8) is 0 Å². The zero-order valence-electron chi connectivity index (χ0n) is 15.1. The molecule has 28 heavy (non-hydrogen) atoms. The van der Waals surface area contributed by atoms with Gasteiger partial charge in [-0.25, -0.2) is 23.2 Å². The number of nitrogens with zero attached hydrogens (tertiary/aromatic N) is 5. The smallest absolute Gasteiger partial charge is 0.364 e. The first-order valence-corrected chi connectivity index (χ1v) is 10.1. The number of nitrogens with one attached hydrogen (secondary N) is 1. The summed E-state index contributed by atoms with van der Waals surface area (Å²) in [6, 6.07) is 4.13. The average molecular weight is 408 g/mol. The minimum Gasteiger partial charge on any atom is -0.364 e. The molecule has 0 fully saturated rings. The Morgan fingerprint density at radius 2 is 2.29 bits per heavy atom. The zero-order chi connectivity index (χ0) is 19.7. The van der Waals surface area contributed by atoms with Gasteiger partial charge in [0.25, 0.3) is 0 Å². The molecule has 1 aliphatic carbocycles. The Balaban J connectivity index is 1.60. The first kappa shape index (κ1) is 18.5. The first-order valence-electron chi connectivity index (χ1n) is 8.38. The van der Waals surface area contributed by atoms with Crippen molar-refractivity contribution in [3.8, 4) is 11.5 Å². The fourth-order valence-electron chi connectivity index (χ4n) is 3.10. The van der Waals surface area contributed by atoms with Gasteiger partial charge in [-0.05, 0) is 46.2 Å². The SMILES string of the molecule is CO/N=S(\C)CCNc1nonc1-c1noc(=O)n1C1Cc2ccc(F)cc21. The Morgan fingerprint density at radius 3 is 3.11 bits per heavy atom. The molecule has 1 aliphatic rings. The van der Waals surface area contributed by atoms with Crippen LogP contribution in [0.4, 0.5) is 10.2 Å². The van der Waals surface area contributed by atoms with E-state index in [4.69, 9.17) is 14.0 Å². The molecule has 148 valence electrons. The van der Waals surface area contributed by atoms with E-state index in [-0.39, 0.29) is 34.1 Å². The number of hydrogen-bond donors (Lipinski definition) is 1. The van der Waals surface area contributed by atoms with Gasteiger partial charge in [0, 0.05) is 12.3 Å². The Bertz CT molecular complexity index is 1090. The second-order valence-electron chi connectivity index (χ2n) is 6.15. The Hall–Kier alpha value is -2.86. The predicted octanol–water partition coefficient (Wildman–Crippen LogP) is 1.58. The highest BCUT2D eigenvalue weighted by molar-refractivity contribution is 7.86. The van der Waals surface area contributed by atoms with Crippen molar-refractivity contribution in [3.05, 3.63) is 45.7 Å². The summed E-state index contributed by atoms with van der Waals surface area (Å²) in [4.78, 5) is 17.0. The molecular weight excluding hydrogens is 391 g/mol. The van der Waals surface area contributed by atoms with Crippen LogP contribution in [-0.2, 0) is 21.9 Å². The van der Waals surface area contributed by atoms with E-state index < -0.39 is 5.76 Å². The summed E-state index contributed by atoms with van der Waals surface area (Å²) in [6.45, 7) is 0.535. The maximum absolute atomic E-state index is 13.6. The van der Waals surface area contributed by atoms with Gasteiger partial charge < -0.3 is 5.32 Å². The quantitative estimate of drug-likeness (QED) is 0.585. The molecule has 0 saturated carbocycles. The molecule has 2 atom stereocenters. The third kappa shape index (κ3) is 3.36. The molecule has 0 radical (unpaired) electrons. The van der Waals surface area contributed by atoms with Gasteiger partial charge in [-0.15, -0.1) is 4.53 Å². The van der Waals surface area contributed by atoms with Crippen LogP contribution >= 0.6 is 0 Å². The normalized spacial score (nSPS) is 16.6. The lowest BCUT2D eigenvalue weighted by Crippen LogP contribution is -2.31. The zero-order valence-corrected chi connectivity index (χ0v) is 15.9. The van der Waals surface area contributed by atoms with Crippen LogP contribution in [0, 0.1) is 5.82 Å². The van der Waals surface area contributed by atoms with Crippen molar-refractivity contribution < 1.29 is 18.4 Å². The van der Waals surface area contributed by atoms with E-state index >= 15 is 0 Å². The van der Waals surface area contributed by atoms with Gasteiger partial charge >= 0.3 is 5.76 Å². The lowest BCUT2D eigenvalue weighted by Gasteiger charge is -2.30. The molecule has 4 rings (SSSR count). The van der Waals surface area contributed by atoms with Gasteiger partial charge in [0.2, 0.25) is 11.6 Å². The van der Waals surface area contributed by atoms with E-state index in [9.17, 15) is 9.18 Å². The number of aromatic nitrogens is 4. The molecule has 0 spiro atoms. The van der Waals surface area contributed by atoms with Crippen molar-refractivity contribution in [2.24, 2.45) is 4.53 Å². The lowest BCUT2D eigenvalue weighted by atomic mass is 9.83. The van der Waals surface area contributed by atoms with Crippen LogP contribution in [-0.4, -0.2) is 45.7 Å². The van der Waals surface area contributed by atoms with Crippen LogP contribution < -0.4 is 11.1 Å². The van der Waals surface area contributed by atoms with Gasteiger partial charge in [0.1, 0.15) is 5.82 Å². The molecule has 1 aromatic carbocycles. The highest BCUT2D eigenvalue weighted by atomic mass is 32.2. The Morgan fingerprint density at radius 1 is 1.43 bits per heavy atom. The minimum atomic E-state index is -0.655. The molecular formula is C16H17FN6O4S. The summed E-state index contributed by atoms with van der Waals surface area (Å²) in [7, 11) is 1.23. The number of hydrogen-bond acceptors (Lipinski definition) is 9. The molecule has 3 aromatic rings. The van der Waals surface area contributed by atoms with E-state index in [0.717, 1.165) is 5.56 Å². The highest BCUT2D eigenvalue weighted by Gasteiger charge is 2.34. The van der Waals surface area contributed by atoms with Crippen molar-refractivity contribution in [2.45, 2.75) is 12.5 Å². The van der Waals surface area contributed by atoms with E-state index in [2.05, 4.69) is 25.3 Å². The van der Waals surface area contributed by atoms with Crippen LogP contribution in [0.15, 0.2) is 36.7 Å². The van der Waals surface area contributed by atoms with Gasteiger partial charge in [-0.2, -0.15) is 0 Å². The predicted molar refractivity (Wildman–Crippen MR) is 98.4 cm³/mol. The lowest BCUT2D eigenvalue weighted by molar-refractivity contribution is 0.221. The number of rotatable bonds is 7. The van der Waals surface area contributed by atoms with Crippen LogP contribution in [0.3, 0.4) is 0 Å². The van der Waals surface area contributed by atoms with Gasteiger partial charge in [0.15, 0.2) is 5.69 Å². The highest BCUT2D eigenvalue weighted by Crippen LogP contribution is 2.38. The third-order valence-corrected chi connectivity index (χ3v) is 5.62. The molecule has 12 heteroatoms. The molecule has 0 amide bonds. The van der Waals surface area contributed by atoms with Crippen molar-refractivity contribution in [2.75, 3.05) is 31.0 Å². The number of benzene rings is 1. The molecule has 2 unspecified atom stereocenters. The van der Waals surface area contributed by atoms with Gasteiger partial charge in [-0.1, -0.05) is 21.9 Å². The number of fused-ring (bicyclic) bond motifs is 1. The standard InChI is InChI=1S/C16H17FN6O4S/c1-25-22-28(2)6-5-18-14-13(19-27-20-14)15-21-26-16(24)23(15)12-7-9-3-4-10(17)8-11(9)12/h3-4,8,12H,5-7H2,1-2H3,(H,18,20). The average Bonchev–Trinajstić information content (AvgIpc) is 3.25. The van der Waals surface area contributed by atoms with E-state index in [1.54, 1.807) is 6.07 Å². The van der Waals surface area contributed by atoms with Crippen LogP contribution in [0.25, 0.3) is 11.5 Å². The molecule has 10 nitrogen and oxygen atoms in total. The third-order valence-electron chi connectivity index (χ3n) is 4.42. The summed E-state index contributed by atoms with van der Waals surface area (Å²) in [6.07, 6.45) is 2.50. The fraction of sp³-hybridized carbons (Fsp3) is 0.375. The Kier molecular flexibility index (Phi) is 5.05. The molecule has 2 heterocycles. The van der Waals surface area contributed by atoms with Crippen molar-refractivity contribution in [1.82, 2.24) is 20.0 Å². The summed E-state index contributed by atoms with van der Waals surface area (Å²) in [5.74, 6) is 0.191. The maximum atomic E-state index is 13.6. The molecule has 1 N–H and O–H groups in total. The van der Waals surface area contributed by atoms with E-state index in [0.29, 0.717) is 30.1 Å². The van der Waals surface area contributed by atoms with Crippen LogP contribution in [0.2, 0.25) is 0 Å². The summed E-state index contributed by atoms with van der Waals surface area (Å²) >= 11 is 0. The summed E-state index contributed by atoms with van der Waals surface area (Å²) in [5, 5.41) is 14.6. The van der Waals surface area contributed by atoms with Crippen molar-refractivity contribution >= 4 is 16.5 Å². The topological polar surface area (TPSA) is 121 Å². The second kappa shape index (κ2) is 7.64. The first-order chi connectivity index (χ1) is 13.6. The minimum absolute atomic E-state index is 0.172. The fourth-order valence-corrected chi connectivity index (χ4v) is 3.83. The molecule has 2 aromatic heterocycles. The number of halogens is 1. The summed E-state index contributed by atoms with van der Waals surface area (Å²) < 4.78 is 28.6. The molecule has 0 saturated heterocycles. The van der Waals surface area contributed by atoms with Crippen molar-refractivity contribution in [1.29, 1.82) is 0 Å². The second-order valence-corrected chi connectivity index (χ2v) is 7.91. The Labute approximate surface area is 160 Å². The van der Waals surface area contributed by atoms with E-state index in [1.807, 2.05) is 6.26 Å². The van der Waals surface area contributed by atoms with E-state index in [1.165, 1.54) is 23.8 Å². The molecule has 0 bridgehead atoms. The largest absolute Gasteiger partial charge is 0.442 e.